The van der Waals surface area contributed by atoms with E-state index < -0.39 is 78.0 Å². The molecule has 1 aromatic rings. The normalized spacial score (nSPS) is 12.9. The van der Waals surface area contributed by atoms with Gasteiger partial charge in [0.1, 0.15) is 0 Å². The molecule has 15 nitrogen and oxygen atoms in total. The number of carboxylic acids is 3. The molecule has 0 aliphatic carbocycles. The third kappa shape index (κ3) is 9.30. The number of esters is 3. The summed E-state index contributed by atoms with van der Waals surface area (Å²) >= 11 is 0. The lowest BCUT2D eigenvalue weighted by Gasteiger charge is -2.27. The van der Waals surface area contributed by atoms with E-state index >= 15 is 0 Å². The molecule has 0 saturated heterocycles. The van der Waals surface area contributed by atoms with Gasteiger partial charge in [-0.15, -0.1) is 0 Å². The molecule has 0 bridgehead atoms. The van der Waals surface area contributed by atoms with Crippen LogP contribution < -0.4 is 0 Å². The van der Waals surface area contributed by atoms with Crippen molar-refractivity contribution in [3.63, 3.8) is 0 Å². The number of hydrogen-bond donors (Lipinski definition) is 5. The molecule has 0 aliphatic rings. The SMILES string of the molecule is COC(=O)CC(O)(CC(=O)OC)C(=O)OC.O=C(O)CC(O)(C(=O)O)C(C(=O)O)C(=O)c1ccccc1. The number of carboxylic acid groups (broad SMARTS) is 3. The number of Topliss-reactive ketones (excluding diaryl/α,β-unsaturated/α-hetero) is 1. The standard InChI is InChI=1S/C13H12O8.C9H14O7/c14-8(15)6-13(21,12(19)20)9(11(17)18)10(16)7-4-2-1-3-5-7;1-14-6(10)4-9(13,8(12)16-3)5-7(11)15-2/h1-5,9,21H,6H2,(H,14,15)(H,17,18)(H,19,20);13H,4-5H2,1-3H3. The van der Waals surface area contributed by atoms with Gasteiger partial charge >= 0.3 is 35.8 Å². The fourth-order valence-corrected chi connectivity index (χ4v) is 2.85. The number of carbonyl (C=O) groups is 7. The molecular formula is C22H26O15. The molecule has 0 aromatic heterocycles. The largest absolute Gasteiger partial charge is 0.481 e. The summed E-state index contributed by atoms with van der Waals surface area (Å²) in [6.45, 7) is 0. The van der Waals surface area contributed by atoms with Gasteiger partial charge in [-0.05, 0) is 0 Å². The van der Waals surface area contributed by atoms with Crippen molar-refractivity contribution in [1.29, 1.82) is 0 Å². The first-order valence-electron chi connectivity index (χ1n) is 10.0. The molecule has 2 unspecified atom stereocenters. The second kappa shape index (κ2) is 14.3. The van der Waals surface area contributed by atoms with Crippen molar-refractivity contribution in [1.82, 2.24) is 0 Å². The Labute approximate surface area is 209 Å². The fraction of sp³-hybridized carbons (Fsp3) is 0.409. The predicted molar refractivity (Wildman–Crippen MR) is 117 cm³/mol. The van der Waals surface area contributed by atoms with Crippen LogP contribution in [0.3, 0.4) is 0 Å². The molecule has 0 radical (unpaired) electrons. The number of benzene rings is 1. The summed E-state index contributed by atoms with van der Waals surface area (Å²) in [7, 11) is 3.22. The van der Waals surface area contributed by atoms with Crippen molar-refractivity contribution < 1.29 is 73.3 Å². The molecule has 5 N–H and O–H groups in total. The van der Waals surface area contributed by atoms with Gasteiger partial charge in [0.05, 0.1) is 40.6 Å². The predicted octanol–water partition coefficient (Wildman–Crippen LogP) is -1.12. The minimum absolute atomic E-state index is 0.144. The van der Waals surface area contributed by atoms with Crippen LogP contribution in [0.2, 0.25) is 0 Å². The van der Waals surface area contributed by atoms with Crippen LogP contribution in [0.1, 0.15) is 29.6 Å². The molecule has 1 rings (SSSR count). The van der Waals surface area contributed by atoms with Crippen LogP contribution in [0.5, 0.6) is 0 Å². The van der Waals surface area contributed by atoms with E-state index in [1.807, 2.05) is 0 Å². The highest BCUT2D eigenvalue weighted by Crippen LogP contribution is 2.27. The first kappa shape index (κ1) is 32.6. The Morgan fingerprint density at radius 1 is 0.757 bits per heavy atom. The van der Waals surface area contributed by atoms with Crippen molar-refractivity contribution in [2.45, 2.75) is 30.5 Å². The van der Waals surface area contributed by atoms with Gasteiger partial charge in [-0.1, -0.05) is 30.3 Å². The van der Waals surface area contributed by atoms with E-state index in [1.54, 1.807) is 6.07 Å². The highest BCUT2D eigenvalue weighted by molar-refractivity contribution is 6.12. The van der Waals surface area contributed by atoms with Crippen molar-refractivity contribution in [2.75, 3.05) is 21.3 Å². The van der Waals surface area contributed by atoms with Crippen molar-refractivity contribution >= 4 is 41.6 Å². The third-order valence-electron chi connectivity index (χ3n) is 4.73. The van der Waals surface area contributed by atoms with Crippen LogP contribution in [0.15, 0.2) is 30.3 Å². The maximum absolute atomic E-state index is 12.1. The zero-order valence-electron chi connectivity index (χ0n) is 19.9. The lowest BCUT2D eigenvalue weighted by Crippen LogP contribution is -2.54. The second-order valence-electron chi connectivity index (χ2n) is 7.33. The minimum Gasteiger partial charge on any atom is -0.481 e. The number of methoxy groups -OCH3 is 3. The van der Waals surface area contributed by atoms with Crippen LogP contribution in [0.25, 0.3) is 0 Å². The van der Waals surface area contributed by atoms with E-state index in [4.69, 9.17) is 15.3 Å². The first-order chi connectivity index (χ1) is 17.1. The van der Waals surface area contributed by atoms with E-state index in [0.717, 1.165) is 21.3 Å². The van der Waals surface area contributed by atoms with Gasteiger partial charge < -0.3 is 39.7 Å². The van der Waals surface area contributed by atoms with Gasteiger partial charge in [-0.25, -0.2) is 9.59 Å². The zero-order chi connectivity index (χ0) is 29.0. The number of rotatable bonds is 12. The average Bonchev–Trinajstić information content (AvgIpc) is 2.83. The summed E-state index contributed by atoms with van der Waals surface area (Å²) < 4.78 is 12.9. The molecule has 0 spiro atoms. The Hall–Kier alpha value is -4.37. The fourth-order valence-electron chi connectivity index (χ4n) is 2.85. The van der Waals surface area contributed by atoms with Crippen LogP contribution in [0.4, 0.5) is 0 Å². The molecule has 15 heteroatoms. The average molecular weight is 530 g/mol. The van der Waals surface area contributed by atoms with Gasteiger partial charge in [-0.3, -0.25) is 24.0 Å². The first-order valence-corrected chi connectivity index (χ1v) is 10.0. The lowest BCUT2D eigenvalue weighted by molar-refractivity contribution is -0.175. The van der Waals surface area contributed by atoms with Gasteiger partial charge in [-0.2, -0.15) is 0 Å². The molecule has 1 aromatic carbocycles. The number of aliphatic hydroxyl groups is 2. The smallest absolute Gasteiger partial charge is 0.339 e. The molecule has 37 heavy (non-hydrogen) atoms. The Bertz CT molecular complexity index is 998. The maximum atomic E-state index is 12.1. The highest BCUT2D eigenvalue weighted by atomic mass is 16.6. The monoisotopic (exact) mass is 530 g/mol. The summed E-state index contributed by atoms with van der Waals surface area (Å²) in [5.41, 5.74) is -5.64. The van der Waals surface area contributed by atoms with Crippen LogP contribution >= 0.6 is 0 Å². The number of carbonyl (C=O) groups excluding carboxylic acids is 4. The number of ether oxygens (including phenoxy) is 3. The van der Waals surface area contributed by atoms with E-state index in [1.165, 1.54) is 24.3 Å². The second-order valence-corrected chi connectivity index (χ2v) is 7.33. The maximum Gasteiger partial charge on any atom is 0.339 e. The number of hydrogen-bond acceptors (Lipinski definition) is 12. The summed E-state index contributed by atoms with van der Waals surface area (Å²) in [5.74, 6) is -12.1. The summed E-state index contributed by atoms with van der Waals surface area (Å²) in [4.78, 5) is 78.3. The lowest BCUT2D eigenvalue weighted by atomic mass is 9.79. The van der Waals surface area contributed by atoms with E-state index in [0.29, 0.717) is 0 Å². The molecule has 0 heterocycles. The van der Waals surface area contributed by atoms with Gasteiger partial charge in [0.15, 0.2) is 22.9 Å². The molecule has 0 amide bonds. The topological polar surface area (TPSA) is 248 Å². The quantitative estimate of drug-likeness (QED) is 0.0928. The van der Waals surface area contributed by atoms with Crippen molar-refractivity contribution in [3.05, 3.63) is 35.9 Å². The zero-order valence-corrected chi connectivity index (χ0v) is 19.9. The molecule has 0 fully saturated rings. The Kier molecular flexibility index (Phi) is 12.6. The Balaban J connectivity index is 0.000000730. The Morgan fingerprint density at radius 2 is 1.22 bits per heavy atom. The summed E-state index contributed by atoms with van der Waals surface area (Å²) in [6.07, 6.45) is -2.77. The highest BCUT2D eigenvalue weighted by Gasteiger charge is 2.54. The molecule has 2 atom stereocenters. The van der Waals surface area contributed by atoms with E-state index in [9.17, 15) is 43.8 Å². The van der Waals surface area contributed by atoms with Gasteiger partial charge in [0.25, 0.3) is 0 Å². The summed E-state index contributed by atoms with van der Waals surface area (Å²) in [5, 5.41) is 46.4. The van der Waals surface area contributed by atoms with Gasteiger partial charge in [0, 0.05) is 5.56 Å². The van der Waals surface area contributed by atoms with Gasteiger partial charge in [0.2, 0.25) is 0 Å². The van der Waals surface area contributed by atoms with Crippen LogP contribution in [-0.4, -0.2) is 99.7 Å². The number of aliphatic carboxylic acids is 3. The minimum atomic E-state index is -3.25. The molecule has 0 saturated carbocycles. The molecular weight excluding hydrogens is 504 g/mol. The van der Waals surface area contributed by atoms with Crippen molar-refractivity contribution in [3.8, 4) is 0 Å². The molecule has 0 aliphatic heterocycles. The van der Waals surface area contributed by atoms with Crippen LogP contribution in [0, 0.1) is 5.92 Å². The number of ketones is 1. The van der Waals surface area contributed by atoms with E-state index in [2.05, 4.69) is 14.2 Å². The third-order valence-corrected chi connectivity index (χ3v) is 4.73. The van der Waals surface area contributed by atoms with Crippen molar-refractivity contribution in [2.24, 2.45) is 5.92 Å². The Morgan fingerprint density at radius 3 is 1.54 bits per heavy atom. The van der Waals surface area contributed by atoms with Crippen LogP contribution in [-0.2, 0) is 43.0 Å². The molecule has 204 valence electrons. The summed E-state index contributed by atoms with van der Waals surface area (Å²) in [6, 6.07) is 6.86. The van der Waals surface area contributed by atoms with E-state index in [-0.39, 0.29) is 5.56 Å².